The van der Waals surface area contributed by atoms with Crippen molar-refractivity contribution in [1.29, 1.82) is 0 Å². The van der Waals surface area contributed by atoms with Gasteiger partial charge in [0.25, 0.3) is 0 Å². The molecule has 2 aromatic rings. The fourth-order valence-electron chi connectivity index (χ4n) is 3.19. The van der Waals surface area contributed by atoms with E-state index in [1.807, 2.05) is 42.6 Å². The highest BCUT2D eigenvalue weighted by Gasteiger charge is 2.21. The van der Waals surface area contributed by atoms with Crippen molar-refractivity contribution in [2.45, 2.75) is 25.1 Å². The van der Waals surface area contributed by atoms with E-state index in [2.05, 4.69) is 20.7 Å². The molecule has 0 spiro atoms. The van der Waals surface area contributed by atoms with Gasteiger partial charge in [-0.3, -0.25) is 9.88 Å². The predicted octanol–water partition coefficient (Wildman–Crippen LogP) is 2.41. The van der Waals surface area contributed by atoms with Crippen LogP contribution in [0.15, 0.2) is 54.9 Å². The molecule has 5 nitrogen and oxygen atoms in total. The summed E-state index contributed by atoms with van der Waals surface area (Å²) < 4.78 is 27.2. The average molecular weight is 359 g/mol. The van der Waals surface area contributed by atoms with Crippen molar-refractivity contribution in [3.8, 4) is 0 Å². The molecule has 6 heteroatoms. The maximum atomic E-state index is 12.2. The summed E-state index contributed by atoms with van der Waals surface area (Å²) in [7, 11) is -3.27. The van der Waals surface area contributed by atoms with Gasteiger partial charge in [0.2, 0.25) is 10.0 Å². The van der Waals surface area contributed by atoms with E-state index >= 15 is 0 Å². The molecule has 0 amide bonds. The number of benzene rings is 1. The molecule has 1 aliphatic rings. The zero-order valence-electron chi connectivity index (χ0n) is 14.3. The van der Waals surface area contributed by atoms with E-state index in [0.29, 0.717) is 12.5 Å². The van der Waals surface area contributed by atoms with Gasteiger partial charge in [0.15, 0.2) is 0 Å². The number of nitrogens with one attached hydrogen (secondary N) is 1. The first-order valence-corrected chi connectivity index (χ1v) is 10.4. The molecule has 0 aliphatic carbocycles. The van der Waals surface area contributed by atoms with E-state index in [1.165, 1.54) is 5.56 Å². The second-order valence-corrected chi connectivity index (χ2v) is 8.48. The van der Waals surface area contributed by atoms with E-state index in [-0.39, 0.29) is 5.75 Å². The number of piperidine rings is 1. The molecule has 1 N–H and O–H groups in total. The lowest BCUT2D eigenvalue weighted by atomic mass is 9.97. The molecule has 1 aromatic heterocycles. The number of nitrogens with zero attached hydrogens (tertiary/aromatic N) is 2. The normalized spacial score (nSPS) is 16.8. The average Bonchev–Trinajstić information content (AvgIpc) is 2.63. The number of pyridine rings is 1. The maximum Gasteiger partial charge on any atom is 0.215 e. The quantitative estimate of drug-likeness (QED) is 0.825. The Balaban J connectivity index is 1.41. The van der Waals surface area contributed by atoms with Gasteiger partial charge in [0.1, 0.15) is 0 Å². The molecule has 1 aliphatic heterocycles. The van der Waals surface area contributed by atoms with E-state index in [0.717, 1.165) is 38.0 Å². The lowest BCUT2D eigenvalue weighted by Gasteiger charge is -2.31. The van der Waals surface area contributed by atoms with Crippen molar-refractivity contribution < 1.29 is 8.42 Å². The predicted molar refractivity (Wildman–Crippen MR) is 99.3 cm³/mol. The third kappa shape index (κ3) is 5.92. The summed E-state index contributed by atoms with van der Waals surface area (Å²) in [5.74, 6) is 0.462. The molecule has 2 heterocycles. The van der Waals surface area contributed by atoms with Gasteiger partial charge >= 0.3 is 0 Å². The summed E-state index contributed by atoms with van der Waals surface area (Å²) in [4.78, 5) is 6.56. The van der Waals surface area contributed by atoms with E-state index < -0.39 is 10.0 Å². The van der Waals surface area contributed by atoms with Crippen molar-refractivity contribution >= 4 is 10.0 Å². The standard InChI is InChI=1S/C19H25N3O2S/c23-25(24,16-18-5-2-1-3-6-18)21-14-17-8-11-22(12-9-17)15-19-7-4-10-20-13-19/h1-7,10,13,17,21H,8-9,11-12,14-16H2. The fourth-order valence-corrected chi connectivity index (χ4v) is 4.41. The van der Waals surface area contributed by atoms with Gasteiger partial charge in [0.05, 0.1) is 5.75 Å². The van der Waals surface area contributed by atoms with Crippen LogP contribution in [-0.4, -0.2) is 37.9 Å². The van der Waals surface area contributed by atoms with Gasteiger partial charge < -0.3 is 0 Å². The number of sulfonamides is 1. The highest BCUT2D eigenvalue weighted by atomic mass is 32.2. The second kappa shape index (κ2) is 8.56. The molecular weight excluding hydrogens is 334 g/mol. The minimum absolute atomic E-state index is 0.0493. The van der Waals surface area contributed by atoms with Crippen molar-refractivity contribution in [2.24, 2.45) is 5.92 Å². The van der Waals surface area contributed by atoms with Gasteiger partial charge in [-0.1, -0.05) is 36.4 Å². The summed E-state index contributed by atoms with van der Waals surface area (Å²) in [6, 6.07) is 13.4. The molecule has 0 unspecified atom stereocenters. The largest absolute Gasteiger partial charge is 0.299 e. The van der Waals surface area contributed by atoms with Gasteiger partial charge in [-0.05, 0) is 49.0 Å². The smallest absolute Gasteiger partial charge is 0.215 e. The SMILES string of the molecule is O=S(=O)(Cc1ccccc1)NCC1CCN(Cc2cccnc2)CC1. The van der Waals surface area contributed by atoms with Crippen LogP contribution in [0.1, 0.15) is 24.0 Å². The third-order valence-corrected chi connectivity index (χ3v) is 5.95. The number of likely N-dealkylation sites (tertiary alicyclic amines) is 1. The zero-order valence-corrected chi connectivity index (χ0v) is 15.2. The fraction of sp³-hybridized carbons (Fsp3) is 0.421. The number of aromatic nitrogens is 1. The van der Waals surface area contributed by atoms with Crippen LogP contribution in [0.3, 0.4) is 0 Å². The molecule has 0 saturated carbocycles. The Hall–Kier alpha value is -1.76. The Morgan fingerprint density at radius 1 is 1.04 bits per heavy atom. The lowest BCUT2D eigenvalue weighted by molar-refractivity contribution is 0.178. The molecule has 1 aromatic carbocycles. The Kier molecular flexibility index (Phi) is 6.18. The topological polar surface area (TPSA) is 62.3 Å². The Morgan fingerprint density at radius 3 is 2.44 bits per heavy atom. The monoisotopic (exact) mass is 359 g/mol. The molecule has 25 heavy (non-hydrogen) atoms. The molecule has 1 fully saturated rings. The zero-order chi connectivity index (χ0) is 17.5. The lowest BCUT2D eigenvalue weighted by Crippen LogP contribution is -2.38. The summed E-state index contributed by atoms with van der Waals surface area (Å²) in [5, 5.41) is 0. The Labute approximate surface area is 150 Å². The van der Waals surface area contributed by atoms with Crippen molar-refractivity contribution in [3.63, 3.8) is 0 Å². The summed E-state index contributed by atoms with van der Waals surface area (Å²) >= 11 is 0. The van der Waals surface area contributed by atoms with E-state index in [4.69, 9.17) is 0 Å². The van der Waals surface area contributed by atoms with Gasteiger partial charge in [-0.15, -0.1) is 0 Å². The van der Waals surface area contributed by atoms with Crippen LogP contribution < -0.4 is 4.72 Å². The minimum atomic E-state index is -3.27. The van der Waals surface area contributed by atoms with Crippen LogP contribution in [0, 0.1) is 5.92 Å². The molecule has 0 bridgehead atoms. The van der Waals surface area contributed by atoms with Gasteiger partial charge in [0, 0.05) is 25.5 Å². The van der Waals surface area contributed by atoms with Crippen LogP contribution in [0.25, 0.3) is 0 Å². The van der Waals surface area contributed by atoms with Crippen LogP contribution in [0.5, 0.6) is 0 Å². The number of rotatable bonds is 7. The van der Waals surface area contributed by atoms with E-state index in [9.17, 15) is 8.42 Å². The first-order valence-electron chi connectivity index (χ1n) is 8.73. The minimum Gasteiger partial charge on any atom is -0.299 e. The van der Waals surface area contributed by atoms with Gasteiger partial charge in [-0.25, -0.2) is 13.1 Å². The van der Waals surface area contributed by atoms with Crippen molar-refractivity contribution in [1.82, 2.24) is 14.6 Å². The highest BCUT2D eigenvalue weighted by molar-refractivity contribution is 7.88. The summed E-state index contributed by atoms with van der Waals surface area (Å²) in [6.45, 7) is 3.45. The third-order valence-electron chi connectivity index (χ3n) is 4.63. The van der Waals surface area contributed by atoms with Crippen LogP contribution >= 0.6 is 0 Å². The Morgan fingerprint density at radius 2 is 1.76 bits per heavy atom. The number of hydrogen-bond donors (Lipinski definition) is 1. The number of hydrogen-bond acceptors (Lipinski definition) is 4. The summed E-state index contributed by atoms with van der Waals surface area (Å²) in [6.07, 6.45) is 5.74. The van der Waals surface area contributed by atoms with Crippen LogP contribution in [-0.2, 0) is 22.3 Å². The first-order chi connectivity index (χ1) is 12.1. The molecule has 1 saturated heterocycles. The highest BCUT2D eigenvalue weighted by Crippen LogP contribution is 2.18. The first kappa shape index (κ1) is 18.0. The van der Waals surface area contributed by atoms with Crippen LogP contribution in [0.2, 0.25) is 0 Å². The maximum absolute atomic E-state index is 12.2. The van der Waals surface area contributed by atoms with E-state index in [1.54, 1.807) is 6.20 Å². The van der Waals surface area contributed by atoms with Crippen molar-refractivity contribution in [2.75, 3.05) is 19.6 Å². The van der Waals surface area contributed by atoms with Crippen molar-refractivity contribution in [3.05, 3.63) is 66.0 Å². The van der Waals surface area contributed by atoms with Crippen LogP contribution in [0.4, 0.5) is 0 Å². The molecule has 0 atom stereocenters. The molecule has 3 rings (SSSR count). The molecule has 0 radical (unpaired) electrons. The molecular formula is C19H25N3O2S. The molecule has 134 valence electrons. The second-order valence-electron chi connectivity index (χ2n) is 6.67. The Bertz CT molecular complexity index is 743. The summed E-state index contributed by atoms with van der Waals surface area (Å²) in [5.41, 5.74) is 2.05. The van der Waals surface area contributed by atoms with Gasteiger partial charge in [-0.2, -0.15) is 0 Å².